The second kappa shape index (κ2) is 9.08. The van der Waals surface area contributed by atoms with Crippen LogP contribution >= 0.6 is 0 Å². The summed E-state index contributed by atoms with van der Waals surface area (Å²) in [6.07, 6.45) is 0.271. The van der Waals surface area contributed by atoms with Crippen molar-refractivity contribution in [1.29, 1.82) is 0 Å². The van der Waals surface area contributed by atoms with Gasteiger partial charge in [-0.1, -0.05) is 42.5 Å². The minimum absolute atomic E-state index is 0.123. The van der Waals surface area contributed by atoms with Gasteiger partial charge in [-0.05, 0) is 31.5 Å². The van der Waals surface area contributed by atoms with Crippen LogP contribution in [0.25, 0.3) is 0 Å². The smallest absolute Gasteiger partial charge is 0.141 e. The highest BCUT2D eigenvalue weighted by Crippen LogP contribution is 2.25. The molecule has 0 radical (unpaired) electrons. The van der Waals surface area contributed by atoms with Crippen LogP contribution in [0.4, 0.5) is 5.69 Å². The lowest BCUT2D eigenvalue weighted by molar-refractivity contribution is -0.118. The van der Waals surface area contributed by atoms with Crippen LogP contribution < -0.4 is 10.1 Å². The molecule has 24 heavy (non-hydrogen) atoms. The van der Waals surface area contributed by atoms with Gasteiger partial charge in [-0.25, -0.2) is 0 Å². The molecule has 0 aliphatic heterocycles. The van der Waals surface area contributed by atoms with Crippen molar-refractivity contribution in [3.63, 3.8) is 0 Å². The van der Waals surface area contributed by atoms with Gasteiger partial charge in [-0.3, -0.25) is 4.79 Å². The Bertz CT molecular complexity index is 642. The molecule has 0 amide bonds. The van der Waals surface area contributed by atoms with E-state index >= 15 is 0 Å². The van der Waals surface area contributed by atoms with Crippen molar-refractivity contribution >= 4 is 11.5 Å². The highest BCUT2D eigenvalue weighted by Gasteiger charge is 2.21. The third kappa shape index (κ3) is 5.39. The predicted octanol–water partition coefficient (Wildman–Crippen LogP) is 4.06. The van der Waals surface area contributed by atoms with E-state index in [-0.39, 0.29) is 17.9 Å². The number of hydrogen-bond acceptors (Lipinski definition) is 4. The zero-order valence-electron chi connectivity index (χ0n) is 14.5. The Morgan fingerprint density at radius 1 is 1.08 bits per heavy atom. The predicted molar refractivity (Wildman–Crippen MR) is 96.4 cm³/mol. The van der Waals surface area contributed by atoms with Gasteiger partial charge in [0, 0.05) is 6.42 Å². The molecule has 0 spiro atoms. The monoisotopic (exact) mass is 327 g/mol. The van der Waals surface area contributed by atoms with Gasteiger partial charge in [0.15, 0.2) is 0 Å². The van der Waals surface area contributed by atoms with E-state index in [1.807, 2.05) is 61.5 Å². The van der Waals surface area contributed by atoms with E-state index in [0.717, 1.165) is 17.0 Å². The Balaban J connectivity index is 2.05. The van der Waals surface area contributed by atoms with Crippen LogP contribution in [0.1, 0.15) is 25.8 Å². The van der Waals surface area contributed by atoms with Gasteiger partial charge in [-0.15, -0.1) is 0 Å². The fraction of sp³-hybridized carbons (Fsp3) is 0.350. The summed E-state index contributed by atoms with van der Waals surface area (Å²) in [6.45, 7) is 4.10. The molecule has 0 bridgehead atoms. The number of anilines is 1. The summed E-state index contributed by atoms with van der Waals surface area (Å²) in [5, 5.41) is 3.40. The lowest BCUT2D eigenvalue weighted by Crippen LogP contribution is -2.35. The molecule has 2 aromatic carbocycles. The molecule has 1 N–H and O–H groups in total. The van der Waals surface area contributed by atoms with Crippen LogP contribution in [0.5, 0.6) is 5.75 Å². The van der Waals surface area contributed by atoms with Gasteiger partial charge in [0.1, 0.15) is 11.5 Å². The summed E-state index contributed by atoms with van der Waals surface area (Å²) in [4.78, 5) is 11.7. The summed E-state index contributed by atoms with van der Waals surface area (Å²) in [6, 6.07) is 17.6. The van der Waals surface area contributed by atoms with Crippen molar-refractivity contribution in [2.75, 3.05) is 12.4 Å². The van der Waals surface area contributed by atoms with Gasteiger partial charge in [-0.2, -0.15) is 0 Å². The lowest BCUT2D eigenvalue weighted by Gasteiger charge is -2.26. The first-order chi connectivity index (χ1) is 11.6. The van der Waals surface area contributed by atoms with E-state index in [4.69, 9.17) is 9.47 Å². The number of hydrogen-bond donors (Lipinski definition) is 1. The van der Waals surface area contributed by atoms with E-state index < -0.39 is 0 Å². The minimum Gasteiger partial charge on any atom is -0.495 e. The number of rotatable bonds is 9. The number of Topliss-reactive ketones (excluding diaryl/α,β-unsaturated/α-hetero) is 1. The van der Waals surface area contributed by atoms with E-state index in [1.54, 1.807) is 14.0 Å². The molecule has 2 rings (SSSR count). The average Bonchev–Trinajstić information content (AvgIpc) is 2.60. The number of nitrogens with one attached hydrogen (secondary N) is 1. The van der Waals surface area contributed by atoms with Crippen LogP contribution in [0, 0.1) is 0 Å². The molecule has 0 heterocycles. The normalized spacial score (nSPS) is 13.1. The highest BCUT2D eigenvalue weighted by molar-refractivity contribution is 5.77. The van der Waals surface area contributed by atoms with E-state index in [9.17, 15) is 4.79 Å². The Morgan fingerprint density at radius 2 is 1.75 bits per heavy atom. The Labute approximate surface area is 143 Å². The van der Waals surface area contributed by atoms with Crippen molar-refractivity contribution in [3.8, 4) is 5.75 Å². The Hall–Kier alpha value is -2.33. The van der Waals surface area contributed by atoms with Gasteiger partial charge < -0.3 is 14.8 Å². The largest absolute Gasteiger partial charge is 0.495 e. The third-order valence-corrected chi connectivity index (χ3v) is 3.88. The third-order valence-electron chi connectivity index (χ3n) is 3.88. The van der Waals surface area contributed by atoms with Crippen molar-refractivity contribution in [2.24, 2.45) is 0 Å². The summed E-state index contributed by atoms with van der Waals surface area (Å²) < 4.78 is 11.4. The zero-order chi connectivity index (χ0) is 17.4. The fourth-order valence-electron chi connectivity index (χ4n) is 2.53. The van der Waals surface area contributed by atoms with Crippen LogP contribution in [0.3, 0.4) is 0 Å². The van der Waals surface area contributed by atoms with Crippen molar-refractivity contribution in [2.45, 2.75) is 39.0 Å². The average molecular weight is 327 g/mol. The van der Waals surface area contributed by atoms with Gasteiger partial charge >= 0.3 is 0 Å². The molecule has 0 aromatic heterocycles. The second-order valence-electron chi connectivity index (χ2n) is 5.86. The van der Waals surface area contributed by atoms with Crippen molar-refractivity contribution < 1.29 is 14.3 Å². The molecule has 1 unspecified atom stereocenters. The Morgan fingerprint density at radius 3 is 2.42 bits per heavy atom. The first kappa shape index (κ1) is 18.0. The number of carbonyl (C=O) groups is 1. The first-order valence-corrected chi connectivity index (χ1v) is 8.14. The molecule has 0 saturated heterocycles. The standard InChI is InChI=1S/C20H25NO3/c1-15(22)13-19(21-18-11-7-8-12-20(18)23-3)16(2)24-14-17-9-5-4-6-10-17/h4-12,16,19,21H,13-14H2,1-3H3/t16-,19?/m0/s1. The maximum Gasteiger partial charge on any atom is 0.141 e. The fourth-order valence-corrected chi connectivity index (χ4v) is 2.53. The molecule has 0 saturated carbocycles. The molecule has 128 valence electrons. The lowest BCUT2D eigenvalue weighted by atomic mass is 10.1. The molecule has 4 nitrogen and oxygen atoms in total. The van der Waals surface area contributed by atoms with E-state index in [1.165, 1.54) is 0 Å². The number of ketones is 1. The summed E-state index contributed by atoms with van der Waals surface area (Å²) in [5.41, 5.74) is 1.98. The second-order valence-corrected chi connectivity index (χ2v) is 5.86. The van der Waals surface area contributed by atoms with Crippen LogP contribution in [-0.4, -0.2) is 25.0 Å². The molecule has 0 fully saturated rings. The first-order valence-electron chi connectivity index (χ1n) is 8.14. The summed E-state index contributed by atoms with van der Waals surface area (Å²) in [7, 11) is 1.63. The summed E-state index contributed by atoms with van der Waals surface area (Å²) in [5.74, 6) is 0.874. The molecule has 2 aromatic rings. The SMILES string of the molecule is COc1ccccc1NC(CC(C)=O)[C@H](C)OCc1ccccc1. The summed E-state index contributed by atoms with van der Waals surface area (Å²) >= 11 is 0. The maximum atomic E-state index is 11.7. The van der Waals surface area contributed by atoms with Crippen molar-refractivity contribution in [1.82, 2.24) is 0 Å². The van der Waals surface area contributed by atoms with Crippen LogP contribution in [0.15, 0.2) is 54.6 Å². The Kier molecular flexibility index (Phi) is 6.82. The number of carbonyl (C=O) groups excluding carboxylic acids is 1. The highest BCUT2D eigenvalue weighted by atomic mass is 16.5. The van der Waals surface area contributed by atoms with Crippen LogP contribution in [0.2, 0.25) is 0 Å². The maximum absolute atomic E-state index is 11.7. The number of ether oxygens (including phenoxy) is 2. The van der Waals surface area contributed by atoms with E-state index in [0.29, 0.717) is 13.0 Å². The van der Waals surface area contributed by atoms with Crippen LogP contribution in [-0.2, 0) is 16.1 Å². The van der Waals surface area contributed by atoms with E-state index in [2.05, 4.69) is 5.32 Å². The zero-order valence-corrected chi connectivity index (χ0v) is 14.5. The topological polar surface area (TPSA) is 47.6 Å². The molecule has 0 aliphatic rings. The molecular formula is C20H25NO3. The van der Waals surface area contributed by atoms with Gasteiger partial charge in [0.05, 0.1) is 31.5 Å². The molecule has 0 aliphatic carbocycles. The number of benzene rings is 2. The number of para-hydroxylation sites is 2. The van der Waals surface area contributed by atoms with Gasteiger partial charge in [0.2, 0.25) is 0 Å². The van der Waals surface area contributed by atoms with Gasteiger partial charge in [0.25, 0.3) is 0 Å². The van der Waals surface area contributed by atoms with Crippen molar-refractivity contribution in [3.05, 3.63) is 60.2 Å². The quantitative estimate of drug-likeness (QED) is 0.754. The molecule has 4 heteroatoms. The number of methoxy groups -OCH3 is 1. The minimum atomic E-state index is -0.126. The molecule has 2 atom stereocenters. The molecular weight excluding hydrogens is 302 g/mol.